The summed E-state index contributed by atoms with van der Waals surface area (Å²) in [6.07, 6.45) is 0. The first-order valence-electron chi connectivity index (χ1n) is 8.06. The van der Waals surface area contributed by atoms with Gasteiger partial charge in [-0.3, -0.25) is 4.79 Å². The highest BCUT2D eigenvalue weighted by molar-refractivity contribution is 7.89. The van der Waals surface area contributed by atoms with E-state index in [0.29, 0.717) is 23.8 Å². The molecule has 0 aliphatic heterocycles. The summed E-state index contributed by atoms with van der Waals surface area (Å²) in [6.45, 7) is 3.80. The molecular weight excluding hydrogens is 356 g/mol. The molecule has 0 radical (unpaired) electrons. The third-order valence-corrected chi connectivity index (χ3v) is 5.09. The van der Waals surface area contributed by atoms with Crippen molar-refractivity contribution in [2.24, 2.45) is 0 Å². The zero-order valence-corrected chi connectivity index (χ0v) is 15.7. The van der Waals surface area contributed by atoms with Gasteiger partial charge in [0, 0.05) is 0 Å². The summed E-state index contributed by atoms with van der Waals surface area (Å²) in [6, 6.07) is 11.9. The molecule has 2 rings (SSSR count). The molecule has 8 heteroatoms. The van der Waals surface area contributed by atoms with Crippen molar-refractivity contribution in [2.75, 3.05) is 19.0 Å². The highest BCUT2D eigenvalue weighted by Crippen LogP contribution is 2.23. The molecule has 0 heterocycles. The molecule has 1 atom stereocenters. The van der Waals surface area contributed by atoms with Gasteiger partial charge in [-0.2, -0.15) is 4.72 Å². The Balaban J connectivity index is 2.07. The molecule has 0 bridgehead atoms. The van der Waals surface area contributed by atoms with E-state index < -0.39 is 22.0 Å². The second-order valence-corrected chi connectivity index (χ2v) is 7.15. The van der Waals surface area contributed by atoms with E-state index in [1.165, 1.54) is 26.2 Å². The Bertz CT molecular complexity index is 850. The number of benzene rings is 2. The fourth-order valence-electron chi connectivity index (χ4n) is 2.22. The second-order valence-electron chi connectivity index (χ2n) is 5.44. The lowest BCUT2D eigenvalue weighted by Gasteiger charge is -2.16. The Morgan fingerprint density at radius 3 is 2.38 bits per heavy atom. The van der Waals surface area contributed by atoms with Gasteiger partial charge in [0.15, 0.2) is 0 Å². The summed E-state index contributed by atoms with van der Waals surface area (Å²) in [5.41, 5.74) is 0.465. The van der Waals surface area contributed by atoms with E-state index in [1.807, 2.05) is 6.92 Å². The number of anilines is 1. The predicted molar refractivity (Wildman–Crippen MR) is 99.0 cm³/mol. The number of carbonyl (C=O) groups excluding carboxylic acids is 1. The third-order valence-electron chi connectivity index (χ3n) is 3.54. The van der Waals surface area contributed by atoms with Gasteiger partial charge in [0.05, 0.1) is 30.3 Å². The van der Waals surface area contributed by atoms with E-state index in [9.17, 15) is 13.2 Å². The van der Waals surface area contributed by atoms with Crippen LogP contribution in [0.3, 0.4) is 0 Å². The Morgan fingerprint density at radius 1 is 1.12 bits per heavy atom. The van der Waals surface area contributed by atoms with E-state index >= 15 is 0 Å². The lowest BCUT2D eigenvalue weighted by atomic mass is 10.2. The van der Waals surface area contributed by atoms with Crippen LogP contribution in [0, 0.1) is 0 Å². The SMILES string of the molecule is CCOc1ccc(S(=O)(=O)N[C@@H](C)C(=O)Nc2ccccc2OC)cc1. The topological polar surface area (TPSA) is 93.7 Å². The molecule has 7 nitrogen and oxygen atoms in total. The first-order valence-corrected chi connectivity index (χ1v) is 9.54. The maximum absolute atomic E-state index is 12.4. The number of rotatable bonds is 8. The van der Waals surface area contributed by atoms with Crippen molar-refractivity contribution in [3.05, 3.63) is 48.5 Å². The van der Waals surface area contributed by atoms with Gasteiger partial charge < -0.3 is 14.8 Å². The molecule has 140 valence electrons. The Labute approximate surface area is 153 Å². The van der Waals surface area contributed by atoms with Gasteiger partial charge in [-0.05, 0) is 50.2 Å². The smallest absolute Gasteiger partial charge is 0.242 e. The van der Waals surface area contributed by atoms with Crippen molar-refractivity contribution >= 4 is 21.6 Å². The zero-order chi connectivity index (χ0) is 19.2. The number of ether oxygens (including phenoxy) is 2. The standard InChI is InChI=1S/C18H22N2O5S/c1-4-25-14-9-11-15(12-10-14)26(22,23)20-13(2)18(21)19-16-7-5-6-8-17(16)24-3/h5-13,20H,4H2,1-3H3,(H,19,21)/t13-/m0/s1. The van der Waals surface area contributed by atoms with Crippen LogP contribution in [0.5, 0.6) is 11.5 Å². The monoisotopic (exact) mass is 378 g/mol. The van der Waals surface area contributed by atoms with E-state index in [1.54, 1.807) is 36.4 Å². The molecule has 2 aromatic rings. The van der Waals surface area contributed by atoms with Gasteiger partial charge in [-0.25, -0.2) is 8.42 Å². The summed E-state index contributed by atoms with van der Waals surface area (Å²) >= 11 is 0. The fourth-order valence-corrected chi connectivity index (χ4v) is 3.43. The first kappa shape index (κ1) is 19.7. The van der Waals surface area contributed by atoms with Gasteiger partial charge in [0.2, 0.25) is 15.9 Å². The van der Waals surface area contributed by atoms with Crippen LogP contribution in [0.25, 0.3) is 0 Å². The number of carbonyl (C=O) groups is 1. The molecular formula is C18H22N2O5S. The van der Waals surface area contributed by atoms with E-state index in [-0.39, 0.29) is 4.90 Å². The van der Waals surface area contributed by atoms with Crippen LogP contribution >= 0.6 is 0 Å². The minimum Gasteiger partial charge on any atom is -0.495 e. The molecule has 0 saturated carbocycles. The highest BCUT2D eigenvalue weighted by atomic mass is 32.2. The summed E-state index contributed by atoms with van der Waals surface area (Å²) in [5.74, 6) is 0.569. The van der Waals surface area contributed by atoms with E-state index in [0.717, 1.165) is 0 Å². The second kappa shape index (κ2) is 8.68. The summed E-state index contributed by atoms with van der Waals surface area (Å²) in [7, 11) is -2.35. The van der Waals surface area contributed by atoms with Crippen LogP contribution in [0.1, 0.15) is 13.8 Å². The van der Waals surface area contributed by atoms with Crippen LogP contribution in [-0.2, 0) is 14.8 Å². The summed E-state index contributed by atoms with van der Waals surface area (Å²) < 4.78 is 37.7. The normalized spacial score (nSPS) is 12.3. The van der Waals surface area contributed by atoms with Crippen molar-refractivity contribution in [3.63, 3.8) is 0 Å². The van der Waals surface area contributed by atoms with Crippen LogP contribution in [0.15, 0.2) is 53.4 Å². The fraction of sp³-hybridized carbons (Fsp3) is 0.278. The zero-order valence-electron chi connectivity index (χ0n) is 14.9. The van der Waals surface area contributed by atoms with Crippen molar-refractivity contribution in [1.82, 2.24) is 4.72 Å². The number of nitrogens with one attached hydrogen (secondary N) is 2. The molecule has 0 aliphatic carbocycles. The number of para-hydroxylation sites is 2. The molecule has 2 aromatic carbocycles. The molecule has 1 amide bonds. The van der Waals surface area contributed by atoms with Crippen LogP contribution < -0.4 is 19.5 Å². The quantitative estimate of drug-likeness (QED) is 0.736. The summed E-state index contributed by atoms with van der Waals surface area (Å²) in [5, 5.41) is 2.65. The molecule has 0 aromatic heterocycles. The van der Waals surface area contributed by atoms with Crippen LogP contribution in [-0.4, -0.2) is 34.1 Å². The molecule has 2 N–H and O–H groups in total. The van der Waals surface area contributed by atoms with Crippen molar-refractivity contribution < 1.29 is 22.7 Å². The maximum atomic E-state index is 12.4. The molecule has 0 spiro atoms. The lowest BCUT2D eigenvalue weighted by Crippen LogP contribution is -2.41. The van der Waals surface area contributed by atoms with E-state index in [2.05, 4.69) is 10.0 Å². The maximum Gasteiger partial charge on any atom is 0.242 e. The summed E-state index contributed by atoms with van der Waals surface area (Å²) in [4.78, 5) is 12.4. The third kappa shape index (κ3) is 4.96. The average Bonchev–Trinajstić information content (AvgIpc) is 2.62. The number of sulfonamides is 1. The van der Waals surface area contributed by atoms with Gasteiger partial charge in [-0.15, -0.1) is 0 Å². The van der Waals surface area contributed by atoms with Crippen molar-refractivity contribution in [3.8, 4) is 11.5 Å². The van der Waals surface area contributed by atoms with Crippen LogP contribution in [0.4, 0.5) is 5.69 Å². The Kier molecular flexibility index (Phi) is 6.59. The largest absolute Gasteiger partial charge is 0.495 e. The van der Waals surface area contributed by atoms with Crippen molar-refractivity contribution in [1.29, 1.82) is 0 Å². The average molecular weight is 378 g/mol. The number of hydrogen-bond donors (Lipinski definition) is 2. The molecule has 0 saturated heterocycles. The van der Waals surface area contributed by atoms with E-state index in [4.69, 9.17) is 9.47 Å². The number of methoxy groups -OCH3 is 1. The Morgan fingerprint density at radius 2 is 1.77 bits per heavy atom. The number of hydrogen-bond acceptors (Lipinski definition) is 5. The molecule has 0 fully saturated rings. The lowest BCUT2D eigenvalue weighted by molar-refractivity contribution is -0.117. The molecule has 0 unspecified atom stereocenters. The Hall–Kier alpha value is -2.58. The van der Waals surface area contributed by atoms with Crippen molar-refractivity contribution in [2.45, 2.75) is 24.8 Å². The molecule has 26 heavy (non-hydrogen) atoms. The van der Waals surface area contributed by atoms with Gasteiger partial charge >= 0.3 is 0 Å². The predicted octanol–water partition coefficient (Wildman–Crippen LogP) is 2.40. The highest BCUT2D eigenvalue weighted by Gasteiger charge is 2.22. The number of amides is 1. The minimum absolute atomic E-state index is 0.0536. The first-order chi connectivity index (χ1) is 12.4. The molecule has 0 aliphatic rings. The van der Waals surface area contributed by atoms with Gasteiger partial charge in [0.1, 0.15) is 11.5 Å². The van der Waals surface area contributed by atoms with Crippen LogP contribution in [0.2, 0.25) is 0 Å². The van der Waals surface area contributed by atoms with Gasteiger partial charge in [-0.1, -0.05) is 12.1 Å². The minimum atomic E-state index is -3.84. The van der Waals surface area contributed by atoms with Gasteiger partial charge in [0.25, 0.3) is 0 Å².